The lowest BCUT2D eigenvalue weighted by Crippen LogP contribution is -2.72. The van der Waals surface area contributed by atoms with Gasteiger partial charge >= 0.3 is 12.2 Å². The normalized spacial score (nSPS) is 20.7. The fraction of sp³-hybridized carbons (Fsp3) is 0.387. The number of urea groups is 1. The Bertz CT molecular complexity index is 1500. The van der Waals surface area contributed by atoms with Crippen molar-refractivity contribution in [3.8, 4) is 0 Å². The molecule has 5 rings (SSSR count). The minimum absolute atomic E-state index is 0.0395. The maximum atomic E-state index is 14.0. The zero-order valence-corrected chi connectivity index (χ0v) is 23.0. The number of rotatable bonds is 6. The molecule has 1 N–H and O–H groups in total. The van der Waals surface area contributed by atoms with Gasteiger partial charge < -0.3 is 20.0 Å². The fourth-order valence-electron chi connectivity index (χ4n) is 5.96. The van der Waals surface area contributed by atoms with Gasteiger partial charge in [0.25, 0.3) is 0 Å². The number of nitrogens with zero attached hydrogens (tertiary/aromatic N) is 3. The summed E-state index contributed by atoms with van der Waals surface area (Å²) in [5, 5.41) is 6.76. The highest BCUT2D eigenvalue weighted by molar-refractivity contribution is 6.09. The molecule has 0 spiro atoms. The monoisotopic (exact) mass is 566 g/mol. The molecule has 0 saturated carbocycles. The zero-order chi connectivity index (χ0) is 29.3. The largest absolute Gasteiger partial charge is 0.409 e. The summed E-state index contributed by atoms with van der Waals surface area (Å²) in [4.78, 5) is 45.1. The van der Waals surface area contributed by atoms with Crippen LogP contribution in [0.5, 0.6) is 0 Å². The first-order valence-electron chi connectivity index (χ1n) is 13.9. The van der Waals surface area contributed by atoms with Crippen molar-refractivity contribution in [1.82, 2.24) is 20.0 Å². The van der Waals surface area contributed by atoms with Crippen LogP contribution in [0, 0.1) is 5.92 Å². The van der Waals surface area contributed by atoms with Crippen LogP contribution in [0.1, 0.15) is 32.3 Å². The smallest absolute Gasteiger partial charge is 0.334 e. The molecule has 10 heteroatoms. The number of fused-ring (bicyclic) bond motifs is 4. The minimum Gasteiger partial charge on any atom is -0.334 e. The van der Waals surface area contributed by atoms with Crippen LogP contribution in [0.15, 0.2) is 66.7 Å². The van der Waals surface area contributed by atoms with Gasteiger partial charge in [-0.2, -0.15) is 13.2 Å². The van der Waals surface area contributed by atoms with E-state index in [1.165, 1.54) is 9.80 Å². The van der Waals surface area contributed by atoms with Crippen LogP contribution in [0.2, 0.25) is 0 Å². The van der Waals surface area contributed by atoms with Crippen molar-refractivity contribution in [1.29, 1.82) is 0 Å². The number of carbonyl (C=O) groups excluding carboxylic acids is 3. The first-order valence-corrected chi connectivity index (χ1v) is 13.9. The molecule has 0 aliphatic carbocycles. The second kappa shape index (κ2) is 11.4. The Hall–Kier alpha value is -4.08. The SMILES string of the molecule is CC[C@H](C)[C@H]1C(=O)N(Cc2cc3ccccc3c3ccccc23)C[C@@H]2N(C(=O)NC/C=C/C(F)(F)F)CCC(=O)N12. The topological polar surface area (TPSA) is 73.0 Å². The molecule has 0 unspecified atom stereocenters. The first-order chi connectivity index (χ1) is 19.6. The summed E-state index contributed by atoms with van der Waals surface area (Å²) < 4.78 is 37.5. The molecular weight excluding hydrogens is 533 g/mol. The summed E-state index contributed by atoms with van der Waals surface area (Å²) in [5.41, 5.74) is 0.958. The van der Waals surface area contributed by atoms with Gasteiger partial charge in [-0.1, -0.05) is 74.9 Å². The lowest BCUT2D eigenvalue weighted by Gasteiger charge is -2.53. The van der Waals surface area contributed by atoms with Crippen LogP contribution < -0.4 is 5.32 Å². The summed E-state index contributed by atoms with van der Waals surface area (Å²) in [5.74, 6) is -0.537. The summed E-state index contributed by atoms with van der Waals surface area (Å²) in [6, 6.07) is 16.8. The molecule has 216 valence electrons. The number of piperazine rings is 1. The maximum Gasteiger partial charge on any atom is 0.409 e. The van der Waals surface area contributed by atoms with E-state index in [1.807, 2.05) is 50.2 Å². The van der Waals surface area contributed by atoms with E-state index in [0.717, 1.165) is 33.2 Å². The number of amides is 4. The summed E-state index contributed by atoms with van der Waals surface area (Å²) >= 11 is 0. The third kappa shape index (κ3) is 5.73. The second-order valence-corrected chi connectivity index (χ2v) is 10.7. The van der Waals surface area contributed by atoms with Crippen molar-refractivity contribution in [2.75, 3.05) is 19.6 Å². The summed E-state index contributed by atoms with van der Waals surface area (Å²) in [6.45, 7) is 4.07. The van der Waals surface area contributed by atoms with Gasteiger partial charge in [0.05, 0.1) is 6.54 Å². The lowest BCUT2D eigenvalue weighted by atomic mass is 9.91. The molecule has 41 heavy (non-hydrogen) atoms. The van der Waals surface area contributed by atoms with Crippen LogP contribution in [-0.2, 0) is 16.1 Å². The molecular formula is C31H33F3N4O3. The third-order valence-corrected chi connectivity index (χ3v) is 8.12. The van der Waals surface area contributed by atoms with Gasteiger partial charge in [0, 0.05) is 32.1 Å². The van der Waals surface area contributed by atoms with Gasteiger partial charge in [0.2, 0.25) is 11.8 Å². The van der Waals surface area contributed by atoms with Crippen molar-refractivity contribution >= 4 is 39.4 Å². The first kappa shape index (κ1) is 28.4. The van der Waals surface area contributed by atoms with E-state index in [4.69, 9.17) is 0 Å². The van der Waals surface area contributed by atoms with E-state index in [1.54, 1.807) is 4.90 Å². The van der Waals surface area contributed by atoms with E-state index in [9.17, 15) is 27.6 Å². The van der Waals surface area contributed by atoms with Crippen molar-refractivity contribution in [3.63, 3.8) is 0 Å². The van der Waals surface area contributed by atoms with Gasteiger partial charge in [-0.15, -0.1) is 0 Å². The van der Waals surface area contributed by atoms with Gasteiger partial charge in [-0.3, -0.25) is 9.59 Å². The van der Waals surface area contributed by atoms with E-state index in [2.05, 4.69) is 23.5 Å². The van der Waals surface area contributed by atoms with Gasteiger partial charge in [-0.25, -0.2) is 4.79 Å². The molecule has 2 aliphatic rings. The number of carbonyl (C=O) groups is 3. The van der Waals surface area contributed by atoms with Gasteiger partial charge in [0.1, 0.15) is 12.2 Å². The molecule has 0 aromatic heterocycles. The Balaban J connectivity index is 1.48. The Labute approximate surface area is 236 Å². The van der Waals surface area contributed by atoms with E-state index >= 15 is 0 Å². The molecule has 2 aliphatic heterocycles. The highest BCUT2D eigenvalue weighted by Gasteiger charge is 2.50. The van der Waals surface area contributed by atoms with Crippen LogP contribution in [0.25, 0.3) is 21.5 Å². The van der Waals surface area contributed by atoms with Crippen LogP contribution >= 0.6 is 0 Å². The van der Waals surface area contributed by atoms with Crippen molar-refractivity contribution in [2.24, 2.45) is 5.92 Å². The third-order valence-electron chi connectivity index (χ3n) is 8.12. The predicted molar refractivity (Wildman–Crippen MR) is 151 cm³/mol. The van der Waals surface area contributed by atoms with Gasteiger partial charge in [0.15, 0.2) is 0 Å². The number of allylic oxidation sites excluding steroid dienone is 1. The average molecular weight is 567 g/mol. The average Bonchev–Trinajstić information content (AvgIpc) is 2.95. The van der Waals surface area contributed by atoms with E-state index in [-0.39, 0.29) is 49.9 Å². The molecule has 4 amide bonds. The number of hydrogen-bond donors (Lipinski definition) is 1. The number of hydrogen-bond acceptors (Lipinski definition) is 3. The molecule has 0 radical (unpaired) electrons. The molecule has 3 aromatic carbocycles. The zero-order valence-electron chi connectivity index (χ0n) is 23.0. The predicted octanol–water partition coefficient (Wildman–Crippen LogP) is 5.44. The number of nitrogens with one attached hydrogen (secondary N) is 1. The Morgan fingerprint density at radius 1 is 1.07 bits per heavy atom. The van der Waals surface area contributed by atoms with Gasteiger partial charge in [-0.05, 0) is 39.1 Å². The maximum absolute atomic E-state index is 14.0. The fourth-order valence-corrected chi connectivity index (χ4v) is 5.96. The lowest BCUT2D eigenvalue weighted by molar-refractivity contribution is -0.170. The van der Waals surface area contributed by atoms with Crippen LogP contribution in [0.4, 0.5) is 18.0 Å². The molecule has 0 bridgehead atoms. The summed E-state index contributed by atoms with van der Waals surface area (Å²) in [7, 11) is 0. The minimum atomic E-state index is -4.47. The van der Waals surface area contributed by atoms with Crippen LogP contribution in [-0.4, -0.2) is 70.6 Å². The summed E-state index contributed by atoms with van der Waals surface area (Å²) in [6.07, 6.45) is -3.60. The molecule has 2 fully saturated rings. The molecule has 3 aromatic rings. The Morgan fingerprint density at radius 2 is 1.76 bits per heavy atom. The van der Waals surface area contributed by atoms with Crippen molar-refractivity contribution < 1.29 is 27.6 Å². The number of alkyl halides is 3. The second-order valence-electron chi connectivity index (χ2n) is 10.7. The van der Waals surface area contributed by atoms with Crippen LogP contribution in [0.3, 0.4) is 0 Å². The standard InChI is InChI=1S/C31H33F3N4O3/c1-3-20(2)28-29(40)36(18-22-17-21-9-4-5-10-23(21)25-12-7-6-11-24(22)25)19-26-37(16-13-27(39)38(26)28)30(41)35-15-8-14-31(32,33)34/h4-12,14,17,20,26,28H,3,13,15-16,18-19H2,1-2H3,(H,35,41)/b14-8+/t20-,26+,28-/m0/s1. The molecule has 2 heterocycles. The molecule has 2 saturated heterocycles. The number of halogens is 3. The number of benzene rings is 3. The van der Waals surface area contributed by atoms with E-state index < -0.39 is 24.4 Å². The van der Waals surface area contributed by atoms with Crippen molar-refractivity contribution in [2.45, 2.75) is 51.6 Å². The van der Waals surface area contributed by atoms with Crippen molar-refractivity contribution in [3.05, 3.63) is 72.3 Å². The Morgan fingerprint density at radius 3 is 2.46 bits per heavy atom. The molecule has 7 nitrogen and oxygen atoms in total. The highest BCUT2D eigenvalue weighted by Crippen LogP contribution is 2.34. The Kier molecular flexibility index (Phi) is 7.93. The quantitative estimate of drug-likeness (QED) is 0.319. The van der Waals surface area contributed by atoms with E-state index in [0.29, 0.717) is 13.0 Å². The molecule has 3 atom stereocenters. The highest BCUT2D eigenvalue weighted by atomic mass is 19.4.